The molecule has 3 aromatic heterocycles. The lowest BCUT2D eigenvalue weighted by atomic mass is 10.0. The van der Waals surface area contributed by atoms with Crippen LogP contribution in [0.2, 0.25) is 0 Å². The quantitative estimate of drug-likeness (QED) is 0.267. The number of pyridine rings is 1. The number of fused-ring (bicyclic) bond motifs is 2. The monoisotopic (exact) mass is 587 g/mol. The number of anilines is 1. The van der Waals surface area contributed by atoms with Gasteiger partial charge in [0.2, 0.25) is 11.8 Å². The minimum absolute atomic E-state index is 0.0752. The van der Waals surface area contributed by atoms with Gasteiger partial charge in [0.15, 0.2) is 5.78 Å². The summed E-state index contributed by atoms with van der Waals surface area (Å²) in [7, 11) is 0. The second-order valence-corrected chi connectivity index (χ2v) is 11.1. The van der Waals surface area contributed by atoms with Crippen molar-refractivity contribution in [3.8, 4) is 11.1 Å². The maximum absolute atomic E-state index is 13.6. The Kier molecular flexibility index (Phi) is 6.25. The summed E-state index contributed by atoms with van der Waals surface area (Å²) >= 11 is 3.35. The molecule has 4 heterocycles. The zero-order valence-corrected chi connectivity index (χ0v) is 23.3. The highest BCUT2D eigenvalue weighted by Crippen LogP contribution is 2.50. The van der Waals surface area contributed by atoms with E-state index in [2.05, 4.69) is 41.3 Å². The number of halogens is 1. The van der Waals surface area contributed by atoms with E-state index in [-0.39, 0.29) is 30.1 Å². The summed E-state index contributed by atoms with van der Waals surface area (Å²) in [5.41, 5.74) is 3.48. The van der Waals surface area contributed by atoms with E-state index in [0.29, 0.717) is 45.3 Å². The first-order valence-electron chi connectivity index (χ1n) is 12.7. The third kappa shape index (κ3) is 4.71. The average Bonchev–Trinajstić information content (AvgIpc) is 3.41. The summed E-state index contributed by atoms with van der Waals surface area (Å²) in [6.07, 6.45) is 4.40. The Morgan fingerprint density at radius 3 is 2.59 bits per heavy atom. The van der Waals surface area contributed by atoms with Crippen LogP contribution in [0.25, 0.3) is 22.0 Å². The third-order valence-electron chi connectivity index (χ3n) is 7.53. The molecule has 39 heavy (non-hydrogen) atoms. The summed E-state index contributed by atoms with van der Waals surface area (Å²) < 4.78 is 2.18. The molecule has 1 N–H and O–H groups in total. The number of nitrogens with one attached hydrogen (secondary N) is 1. The van der Waals surface area contributed by atoms with Crippen molar-refractivity contribution in [3.05, 3.63) is 64.4 Å². The van der Waals surface area contributed by atoms with Gasteiger partial charge in [-0.1, -0.05) is 12.1 Å². The Morgan fingerprint density at radius 1 is 1.08 bits per heavy atom. The Hall–Kier alpha value is -3.99. The zero-order chi connectivity index (χ0) is 27.4. The normalized spacial score (nSPS) is 19.7. The van der Waals surface area contributed by atoms with Gasteiger partial charge in [-0.15, -0.1) is 0 Å². The van der Waals surface area contributed by atoms with Crippen LogP contribution in [0.4, 0.5) is 5.82 Å². The molecule has 198 valence electrons. The number of piperidine rings is 1. The van der Waals surface area contributed by atoms with E-state index < -0.39 is 6.04 Å². The van der Waals surface area contributed by atoms with Crippen molar-refractivity contribution in [2.75, 3.05) is 11.9 Å². The standard InChI is InChI=1S/C28H26BrN7O3/c1-14-4-7-23(29)32-27(14)33-28(39)26-20-9-18(20)12-35(26)24(38)13-36-22-6-5-17(19-10-30-16(3)31-11-19)8-21(22)25(34-36)15(2)37/h4-8,10-11,18,20,26H,9,12-13H2,1-3H3,(H,32,33,39)/t18-,20-,26+/m1/s1. The first-order valence-corrected chi connectivity index (χ1v) is 13.5. The first kappa shape index (κ1) is 25.3. The van der Waals surface area contributed by atoms with E-state index in [0.717, 1.165) is 23.1 Å². The summed E-state index contributed by atoms with van der Waals surface area (Å²) in [5.74, 6) is 0.971. The van der Waals surface area contributed by atoms with Crippen LogP contribution >= 0.6 is 15.9 Å². The van der Waals surface area contributed by atoms with Crippen molar-refractivity contribution in [1.82, 2.24) is 29.6 Å². The molecule has 4 aromatic rings. The minimum Gasteiger partial charge on any atom is -0.328 e. The number of carbonyl (C=O) groups excluding carboxylic acids is 3. The van der Waals surface area contributed by atoms with Crippen LogP contribution < -0.4 is 5.32 Å². The highest BCUT2D eigenvalue weighted by Gasteiger charge is 2.56. The summed E-state index contributed by atoms with van der Waals surface area (Å²) in [6, 6.07) is 8.75. The van der Waals surface area contributed by atoms with E-state index >= 15 is 0 Å². The van der Waals surface area contributed by atoms with Gasteiger partial charge in [-0.3, -0.25) is 19.1 Å². The van der Waals surface area contributed by atoms with Gasteiger partial charge in [0, 0.05) is 36.8 Å². The molecule has 1 aromatic carbocycles. The zero-order valence-electron chi connectivity index (χ0n) is 21.7. The molecule has 10 nitrogen and oxygen atoms in total. The number of hydrogen-bond acceptors (Lipinski definition) is 7. The van der Waals surface area contributed by atoms with Crippen LogP contribution in [0.1, 0.15) is 35.2 Å². The molecule has 0 unspecified atom stereocenters. The number of nitrogens with zero attached hydrogens (tertiary/aromatic N) is 6. The lowest BCUT2D eigenvalue weighted by Gasteiger charge is -2.27. The lowest BCUT2D eigenvalue weighted by molar-refractivity contribution is -0.138. The van der Waals surface area contributed by atoms with Gasteiger partial charge in [0.1, 0.15) is 34.5 Å². The molecule has 1 saturated carbocycles. The van der Waals surface area contributed by atoms with E-state index in [1.165, 1.54) is 6.92 Å². The lowest BCUT2D eigenvalue weighted by Crippen LogP contribution is -2.47. The molecular weight excluding hydrogens is 562 g/mol. The molecule has 0 bridgehead atoms. The van der Waals surface area contributed by atoms with E-state index in [4.69, 9.17) is 0 Å². The van der Waals surface area contributed by atoms with Crippen molar-refractivity contribution in [1.29, 1.82) is 0 Å². The van der Waals surface area contributed by atoms with E-state index in [1.807, 2.05) is 44.2 Å². The van der Waals surface area contributed by atoms with Crippen LogP contribution in [-0.2, 0) is 16.1 Å². The summed E-state index contributed by atoms with van der Waals surface area (Å²) in [4.78, 5) is 53.9. The van der Waals surface area contributed by atoms with E-state index in [1.54, 1.807) is 22.0 Å². The number of rotatable bonds is 6. The molecule has 6 rings (SSSR count). The summed E-state index contributed by atoms with van der Waals surface area (Å²) in [6.45, 7) is 5.61. The average molecular weight is 588 g/mol. The van der Waals surface area contributed by atoms with Gasteiger partial charge < -0.3 is 10.2 Å². The first-order chi connectivity index (χ1) is 18.7. The van der Waals surface area contributed by atoms with Crippen LogP contribution in [0.5, 0.6) is 0 Å². The topological polar surface area (TPSA) is 123 Å². The second-order valence-electron chi connectivity index (χ2n) is 10.3. The Morgan fingerprint density at radius 2 is 1.85 bits per heavy atom. The number of likely N-dealkylation sites (tertiary alicyclic amines) is 1. The largest absolute Gasteiger partial charge is 0.328 e. The molecule has 2 fully saturated rings. The van der Waals surface area contributed by atoms with E-state index in [9.17, 15) is 14.4 Å². The number of amides is 2. The van der Waals surface area contributed by atoms with Gasteiger partial charge in [-0.05, 0) is 77.4 Å². The fourth-order valence-corrected chi connectivity index (χ4v) is 5.69. The Bertz CT molecular complexity index is 1650. The van der Waals surface area contributed by atoms with Gasteiger partial charge in [-0.2, -0.15) is 5.10 Å². The van der Waals surface area contributed by atoms with Gasteiger partial charge >= 0.3 is 0 Å². The van der Waals surface area contributed by atoms with Gasteiger partial charge in [0.05, 0.1) is 5.52 Å². The smallest absolute Gasteiger partial charge is 0.248 e. The molecule has 1 aliphatic heterocycles. The van der Waals surface area contributed by atoms with Crippen LogP contribution in [-0.4, -0.2) is 59.8 Å². The number of ketones is 1. The maximum Gasteiger partial charge on any atom is 0.248 e. The molecule has 1 saturated heterocycles. The highest BCUT2D eigenvalue weighted by molar-refractivity contribution is 9.10. The molecule has 0 spiro atoms. The maximum atomic E-state index is 13.6. The van der Waals surface area contributed by atoms with Crippen LogP contribution in [0.3, 0.4) is 0 Å². The van der Waals surface area contributed by atoms with Gasteiger partial charge in [-0.25, -0.2) is 15.0 Å². The van der Waals surface area contributed by atoms with Crippen molar-refractivity contribution in [2.24, 2.45) is 11.8 Å². The second kappa shape index (κ2) is 9.64. The molecule has 3 atom stereocenters. The number of benzene rings is 1. The van der Waals surface area contributed by atoms with Crippen molar-refractivity contribution >= 4 is 50.2 Å². The molecule has 1 aliphatic carbocycles. The summed E-state index contributed by atoms with van der Waals surface area (Å²) in [5, 5.41) is 8.09. The van der Waals surface area contributed by atoms with Crippen molar-refractivity contribution in [3.63, 3.8) is 0 Å². The Labute approximate surface area is 233 Å². The highest BCUT2D eigenvalue weighted by atomic mass is 79.9. The van der Waals surface area contributed by atoms with Crippen LogP contribution in [0, 0.1) is 25.7 Å². The number of aryl methyl sites for hydroxylation is 2. The molecule has 11 heteroatoms. The van der Waals surface area contributed by atoms with Crippen LogP contribution in [0.15, 0.2) is 47.3 Å². The predicted molar refractivity (Wildman–Crippen MR) is 148 cm³/mol. The molecule has 2 aliphatic rings. The van der Waals surface area contributed by atoms with Gasteiger partial charge in [0.25, 0.3) is 0 Å². The Balaban J connectivity index is 1.27. The van der Waals surface area contributed by atoms with Crippen molar-refractivity contribution in [2.45, 2.75) is 39.8 Å². The number of Topliss-reactive ketones (excluding diaryl/α,β-unsaturated/α-hetero) is 1. The third-order valence-corrected chi connectivity index (χ3v) is 7.97. The molecule has 0 radical (unpaired) electrons. The van der Waals surface area contributed by atoms with Crippen molar-refractivity contribution < 1.29 is 14.4 Å². The fraction of sp³-hybridized carbons (Fsp3) is 0.321. The minimum atomic E-state index is -0.565. The fourth-order valence-electron chi connectivity index (χ4n) is 5.38. The molecular formula is C28H26BrN7O3. The molecule has 2 amide bonds. The predicted octanol–water partition coefficient (Wildman–Crippen LogP) is 3.96. The number of carbonyl (C=O) groups is 3. The SMILES string of the molecule is CC(=O)c1nn(CC(=O)N2C[C@H]3C[C@H]3[C@H]2C(=O)Nc2nc(Br)ccc2C)c2ccc(-c3cnc(C)nc3)cc12. The number of aromatic nitrogens is 5. The number of hydrogen-bond donors (Lipinski definition) is 1.